The third kappa shape index (κ3) is 4.05. The van der Waals surface area contributed by atoms with E-state index in [2.05, 4.69) is 16.8 Å². The summed E-state index contributed by atoms with van der Waals surface area (Å²) in [6, 6.07) is -0.344. The van der Waals surface area contributed by atoms with Crippen LogP contribution in [0.15, 0.2) is 16.8 Å². The second-order valence-corrected chi connectivity index (χ2v) is 7.81. The lowest BCUT2D eigenvalue weighted by molar-refractivity contribution is 0.213. The first-order valence-electron chi connectivity index (χ1n) is 8.21. The highest BCUT2D eigenvalue weighted by molar-refractivity contribution is 7.83. The monoisotopic (exact) mass is 344 g/mol. The van der Waals surface area contributed by atoms with Gasteiger partial charge in [-0.15, -0.1) is 0 Å². The Bertz CT molecular complexity index is 586. The zero-order chi connectivity index (χ0) is 17.2. The van der Waals surface area contributed by atoms with Gasteiger partial charge < -0.3 is 9.80 Å². The van der Waals surface area contributed by atoms with Crippen LogP contribution in [0.4, 0.5) is 0 Å². The van der Waals surface area contributed by atoms with Gasteiger partial charge in [0.25, 0.3) is 0 Å². The number of nitrogens with zero attached hydrogens (tertiary/aromatic N) is 4. The predicted molar refractivity (Wildman–Crippen MR) is 91.6 cm³/mol. The molecule has 1 fully saturated rings. The van der Waals surface area contributed by atoms with Crippen LogP contribution in [0, 0.1) is 0 Å². The average molecular weight is 344 g/mol. The summed E-state index contributed by atoms with van der Waals surface area (Å²) in [5.74, 6) is 0.852. The molecule has 7 nitrogen and oxygen atoms in total. The van der Waals surface area contributed by atoms with Gasteiger partial charge in [0.05, 0.1) is 12.1 Å². The van der Waals surface area contributed by atoms with Crippen LogP contribution in [0.25, 0.3) is 0 Å². The van der Waals surface area contributed by atoms with E-state index in [1.807, 2.05) is 32.0 Å². The minimum atomic E-state index is -4.18. The van der Waals surface area contributed by atoms with Crippen LogP contribution in [-0.4, -0.2) is 72.3 Å². The molecule has 2 unspecified atom stereocenters. The van der Waals surface area contributed by atoms with Crippen molar-refractivity contribution in [3.05, 3.63) is 11.8 Å². The van der Waals surface area contributed by atoms with Gasteiger partial charge in [-0.05, 0) is 32.3 Å². The summed E-state index contributed by atoms with van der Waals surface area (Å²) in [5, 5.41) is 0. The van der Waals surface area contributed by atoms with Crippen molar-refractivity contribution >= 4 is 16.3 Å². The van der Waals surface area contributed by atoms with E-state index in [0.717, 1.165) is 43.9 Å². The van der Waals surface area contributed by atoms with Crippen molar-refractivity contribution in [2.24, 2.45) is 4.99 Å². The van der Waals surface area contributed by atoms with Gasteiger partial charge in [0.15, 0.2) is 0 Å². The molecule has 0 saturated carbocycles. The quantitative estimate of drug-likeness (QED) is 0.766. The Morgan fingerprint density at radius 3 is 2.70 bits per heavy atom. The number of guanidine groups is 1. The fraction of sp³-hybridized carbons (Fsp3) is 0.800. The number of unbranched alkanes of at least 4 members (excludes halogenated alkanes) is 1. The summed E-state index contributed by atoms with van der Waals surface area (Å²) >= 11 is 0. The molecule has 0 spiro atoms. The van der Waals surface area contributed by atoms with E-state index in [-0.39, 0.29) is 12.1 Å². The molecule has 0 aliphatic carbocycles. The molecule has 0 radical (unpaired) electrons. The molecule has 0 aromatic rings. The lowest BCUT2D eigenvalue weighted by atomic mass is 10.0. The normalized spacial score (nSPS) is 26.2. The van der Waals surface area contributed by atoms with Crippen LogP contribution >= 0.6 is 0 Å². The molecular weight excluding hydrogens is 316 g/mol. The minimum absolute atomic E-state index is 0.0964. The number of rotatable bonds is 5. The topological polar surface area (TPSA) is 76.5 Å². The van der Waals surface area contributed by atoms with Crippen molar-refractivity contribution in [3.63, 3.8) is 0 Å². The molecule has 0 bridgehead atoms. The third-order valence-corrected chi connectivity index (χ3v) is 5.44. The molecule has 132 valence electrons. The first-order valence-corrected chi connectivity index (χ1v) is 9.60. The van der Waals surface area contributed by atoms with Gasteiger partial charge in [-0.2, -0.15) is 12.7 Å². The van der Waals surface area contributed by atoms with Crippen LogP contribution in [0.1, 0.15) is 39.5 Å². The Hall–Kier alpha value is -1.12. The molecule has 0 aromatic heterocycles. The van der Waals surface area contributed by atoms with E-state index in [4.69, 9.17) is 0 Å². The van der Waals surface area contributed by atoms with Crippen LogP contribution < -0.4 is 0 Å². The Balaban J connectivity index is 2.35. The lowest BCUT2D eigenvalue weighted by Gasteiger charge is -2.42. The number of hydrogen-bond acceptors (Lipinski definition) is 5. The molecule has 1 saturated heterocycles. The maximum atomic E-state index is 11.7. The second kappa shape index (κ2) is 7.19. The van der Waals surface area contributed by atoms with E-state index in [1.165, 1.54) is 4.31 Å². The number of hydrogen-bond donors (Lipinski definition) is 1. The highest BCUT2D eigenvalue weighted by atomic mass is 32.2. The van der Waals surface area contributed by atoms with Gasteiger partial charge in [-0.25, -0.2) is 4.99 Å². The van der Waals surface area contributed by atoms with Crippen LogP contribution in [0.2, 0.25) is 0 Å². The lowest BCUT2D eigenvalue weighted by Crippen LogP contribution is -2.56. The first kappa shape index (κ1) is 18.2. The summed E-state index contributed by atoms with van der Waals surface area (Å²) < 4.78 is 34.2. The zero-order valence-electron chi connectivity index (χ0n) is 14.4. The van der Waals surface area contributed by atoms with E-state index < -0.39 is 10.3 Å². The van der Waals surface area contributed by atoms with Crippen molar-refractivity contribution in [2.75, 3.05) is 27.2 Å². The third-order valence-electron chi connectivity index (χ3n) is 4.40. The van der Waals surface area contributed by atoms with E-state index in [1.54, 1.807) is 0 Å². The molecular formula is C15H28N4O3S. The fourth-order valence-corrected chi connectivity index (χ4v) is 4.31. The highest BCUT2D eigenvalue weighted by Crippen LogP contribution is 2.29. The average Bonchev–Trinajstić information content (AvgIpc) is 2.94. The molecule has 0 aromatic carbocycles. The van der Waals surface area contributed by atoms with E-state index >= 15 is 0 Å². The van der Waals surface area contributed by atoms with E-state index in [9.17, 15) is 13.0 Å². The van der Waals surface area contributed by atoms with Gasteiger partial charge in [0.1, 0.15) is 0 Å². The molecule has 2 atom stereocenters. The maximum absolute atomic E-state index is 11.7. The number of aliphatic imine (C=N–C) groups is 1. The first-order chi connectivity index (χ1) is 10.8. The SMILES string of the molecule is CCCCN1C(N(C)C)=NC(C)=CC1C1CCCN1S(=O)(=O)O. The molecule has 23 heavy (non-hydrogen) atoms. The summed E-state index contributed by atoms with van der Waals surface area (Å²) in [6.45, 7) is 5.26. The molecule has 0 amide bonds. The maximum Gasteiger partial charge on any atom is 0.336 e. The Labute approximate surface area is 139 Å². The smallest absolute Gasteiger partial charge is 0.336 e. The summed E-state index contributed by atoms with van der Waals surface area (Å²) in [7, 11) is -0.282. The van der Waals surface area contributed by atoms with Gasteiger partial charge >= 0.3 is 10.3 Å². The fourth-order valence-electron chi connectivity index (χ4n) is 3.38. The van der Waals surface area contributed by atoms with Crippen LogP contribution in [-0.2, 0) is 10.3 Å². The van der Waals surface area contributed by atoms with Crippen molar-refractivity contribution < 1.29 is 13.0 Å². The Kier molecular flexibility index (Phi) is 5.70. The molecule has 2 heterocycles. The van der Waals surface area contributed by atoms with Crippen LogP contribution in [0.5, 0.6) is 0 Å². The minimum Gasteiger partial charge on any atom is -0.349 e. The second-order valence-electron chi connectivity index (χ2n) is 6.45. The van der Waals surface area contributed by atoms with Gasteiger partial charge in [-0.1, -0.05) is 13.3 Å². The summed E-state index contributed by atoms with van der Waals surface area (Å²) in [6.07, 6.45) is 5.60. The standard InChI is InChI=1S/C15H28N4O3S/c1-5-6-9-18-14(11-12(2)16-15(18)17(3)4)13-8-7-10-19(13)23(20,21)22/h11,13-14H,5-10H2,1-4H3,(H,20,21,22). The molecule has 2 aliphatic rings. The number of allylic oxidation sites excluding steroid dienone is 1. The Morgan fingerprint density at radius 2 is 2.13 bits per heavy atom. The van der Waals surface area contributed by atoms with Gasteiger partial charge in [0.2, 0.25) is 5.96 Å². The van der Waals surface area contributed by atoms with Crippen molar-refractivity contribution in [3.8, 4) is 0 Å². The zero-order valence-corrected chi connectivity index (χ0v) is 15.3. The highest BCUT2D eigenvalue weighted by Gasteiger charge is 2.41. The van der Waals surface area contributed by atoms with Crippen molar-refractivity contribution in [1.82, 2.24) is 14.1 Å². The predicted octanol–water partition coefficient (Wildman–Crippen LogP) is 1.56. The molecule has 1 N–H and O–H groups in total. The van der Waals surface area contributed by atoms with Crippen molar-refractivity contribution in [2.45, 2.75) is 51.6 Å². The van der Waals surface area contributed by atoms with Gasteiger partial charge in [0, 0.05) is 32.9 Å². The largest absolute Gasteiger partial charge is 0.349 e. The molecule has 2 rings (SSSR count). The Morgan fingerprint density at radius 1 is 1.43 bits per heavy atom. The van der Waals surface area contributed by atoms with Crippen molar-refractivity contribution in [1.29, 1.82) is 0 Å². The molecule has 2 aliphatic heterocycles. The van der Waals surface area contributed by atoms with Gasteiger partial charge in [-0.3, -0.25) is 4.55 Å². The van der Waals surface area contributed by atoms with E-state index in [0.29, 0.717) is 6.54 Å². The molecule has 8 heteroatoms. The summed E-state index contributed by atoms with van der Waals surface area (Å²) in [5.41, 5.74) is 0.883. The summed E-state index contributed by atoms with van der Waals surface area (Å²) in [4.78, 5) is 8.76. The van der Waals surface area contributed by atoms with Crippen LogP contribution in [0.3, 0.4) is 0 Å².